The number of aromatic nitrogens is 1. The van der Waals surface area contributed by atoms with Gasteiger partial charge in [-0.25, -0.2) is 0 Å². The van der Waals surface area contributed by atoms with E-state index in [2.05, 4.69) is 27.3 Å². The fraction of sp³-hybridized carbons (Fsp3) is 0.815. The zero-order valence-electron chi connectivity index (χ0n) is 19.8. The van der Waals surface area contributed by atoms with E-state index in [1.165, 1.54) is 112 Å². The topological polar surface area (TPSA) is 61.0 Å². The summed E-state index contributed by atoms with van der Waals surface area (Å²) in [5.41, 5.74) is 5.85. The monoisotopic (exact) mass is 437 g/mol. The molecule has 0 amide bonds. The predicted octanol–water partition coefficient (Wildman–Crippen LogP) is 3.83. The molecule has 0 saturated heterocycles. The van der Waals surface area contributed by atoms with Gasteiger partial charge in [0.15, 0.2) is 0 Å². The smallest absolute Gasteiger partial charge is 0.0609 e. The summed E-state index contributed by atoms with van der Waals surface area (Å²) in [7, 11) is 0. The summed E-state index contributed by atoms with van der Waals surface area (Å²) in [5, 5.41) is 16.1. The summed E-state index contributed by atoms with van der Waals surface area (Å²) in [6, 6.07) is 5.80. The SMILES string of the molecule is c1c2c3nc4c1CCC[C@@H]4N[C@@H]1CCCC[C@H]1NCCN[C@@H]1CCCC[C@H]1NC3CCC2. The highest BCUT2D eigenvalue weighted by Gasteiger charge is 2.34. The maximum Gasteiger partial charge on any atom is 0.0609 e. The number of pyridine rings is 1. The molecule has 6 atom stereocenters. The summed E-state index contributed by atoms with van der Waals surface area (Å²) >= 11 is 0. The van der Waals surface area contributed by atoms with E-state index in [9.17, 15) is 0 Å². The third kappa shape index (κ3) is 4.38. The van der Waals surface area contributed by atoms with Gasteiger partial charge in [-0.2, -0.15) is 0 Å². The first-order chi connectivity index (χ1) is 15.8. The molecule has 176 valence electrons. The van der Waals surface area contributed by atoms with Crippen LogP contribution in [-0.4, -0.2) is 42.2 Å². The zero-order chi connectivity index (χ0) is 21.3. The summed E-state index contributed by atoms with van der Waals surface area (Å²) in [4.78, 5) is 5.50. The van der Waals surface area contributed by atoms with Gasteiger partial charge in [0.2, 0.25) is 0 Å². The molecule has 4 aliphatic carbocycles. The Labute approximate surface area is 194 Å². The summed E-state index contributed by atoms with van der Waals surface area (Å²) in [5.74, 6) is 0. The summed E-state index contributed by atoms with van der Waals surface area (Å²) in [6.45, 7) is 2.17. The van der Waals surface area contributed by atoms with Crippen molar-refractivity contribution in [2.24, 2.45) is 0 Å². The fourth-order valence-electron chi connectivity index (χ4n) is 7.41. The van der Waals surface area contributed by atoms with Crippen molar-refractivity contribution in [1.82, 2.24) is 26.3 Å². The molecule has 0 aromatic carbocycles. The fourth-order valence-corrected chi connectivity index (χ4v) is 7.41. The molecule has 5 heteroatoms. The van der Waals surface area contributed by atoms with Gasteiger partial charge in [-0.05, 0) is 75.3 Å². The Morgan fingerprint density at radius 1 is 0.562 bits per heavy atom. The first kappa shape index (κ1) is 21.5. The molecule has 2 fully saturated rings. The van der Waals surface area contributed by atoms with Crippen LogP contribution in [0.3, 0.4) is 0 Å². The van der Waals surface area contributed by atoms with E-state index in [0.29, 0.717) is 36.3 Å². The van der Waals surface area contributed by atoms with Crippen molar-refractivity contribution in [1.29, 1.82) is 0 Å². The Morgan fingerprint density at radius 3 is 1.53 bits per heavy atom. The van der Waals surface area contributed by atoms with E-state index in [4.69, 9.17) is 4.98 Å². The average molecular weight is 438 g/mol. The lowest BCUT2D eigenvalue weighted by molar-refractivity contribution is 0.243. The molecule has 0 radical (unpaired) electrons. The number of fused-ring (bicyclic) bond motifs is 2. The minimum atomic E-state index is 0.435. The molecule has 6 rings (SSSR count). The third-order valence-electron chi connectivity index (χ3n) is 9.09. The molecular formula is C27H43N5. The maximum absolute atomic E-state index is 5.50. The van der Waals surface area contributed by atoms with Crippen molar-refractivity contribution in [2.45, 2.75) is 126 Å². The highest BCUT2D eigenvalue weighted by atomic mass is 15.1. The largest absolute Gasteiger partial charge is 0.311 e. The van der Waals surface area contributed by atoms with Gasteiger partial charge in [-0.1, -0.05) is 31.7 Å². The molecule has 4 N–H and O–H groups in total. The molecular weight excluding hydrogens is 394 g/mol. The second-order valence-corrected chi connectivity index (χ2v) is 11.2. The van der Waals surface area contributed by atoms with Gasteiger partial charge in [-0.3, -0.25) is 4.98 Å². The highest BCUT2D eigenvalue weighted by Crippen LogP contribution is 2.37. The minimum absolute atomic E-state index is 0.435. The van der Waals surface area contributed by atoms with Crippen molar-refractivity contribution in [2.75, 3.05) is 13.1 Å². The molecule has 5 aliphatic rings. The van der Waals surface area contributed by atoms with Crippen molar-refractivity contribution in [3.8, 4) is 0 Å². The van der Waals surface area contributed by atoms with Gasteiger partial charge in [0.1, 0.15) is 0 Å². The Hall–Kier alpha value is -1.01. The van der Waals surface area contributed by atoms with Crippen LogP contribution in [0.5, 0.6) is 0 Å². The summed E-state index contributed by atoms with van der Waals surface area (Å²) in [6.07, 6.45) is 18.2. The molecule has 2 bridgehead atoms. The molecule has 1 aliphatic heterocycles. The van der Waals surface area contributed by atoms with Gasteiger partial charge in [0.25, 0.3) is 0 Å². The Morgan fingerprint density at radius 2 is 1.03 bits per heavy atom. The summed E-state index contributed by atoms with van der Waals surface area (Å²) < 4.78 is 0. The normalized spacial score (nSPS) is 38.0. The molecule has 5 nitrogen and oxygen atoms in total. The van der Waals surface area contributed by atoms with Crippen LogP contribution in [-0.2, 0) is 12.8 Å². The number of hydrogen-bond acceptors (Lipinski definition) is 5. The molecule has 32 heavy (non-hydrogen) atoms. The van der Waals surface area contributed by atoms with Crippen LogP contribution in [0.1, 0.15) is 112 Å². The standard InChI is InChI=1S/C27H43N5/c1-3-11-22-20(9-1)28-15-16-29-21-10-2-4-12-23(21)31-25-14-6-8-19-17-18-7-5-13-24(30-22)26(18)32-27(19)25/h17,20-25,28-31H,1-16H2/t20-,21-,22-,23-,24+,25?/m1/s1. The zero-order valence-corrected chi connectivity index (χ0v) is 19.8. The first-order valence-electron chi connectivity index (χ1n) is 13.9. The number of hydrogen-bond donors (Lipinski definition) is 4. The number of aryl methyl sites for hydroxylation is 2. The molecule has 1 aromatic rings. The number of nitrogens with zero attached hydrogens (tertiary/aromatic N) is 1. The maximum atomic E-state index is 5.50. The van der Waals surface area contributed by atoms with Crippen LogP contribution in [0.2, 0.25) is 0 Å². The Bertz CT molecular complexity index is 733. The van der Waals surface area contributed by atoms with Crippen LogP contribution in [0, 0.1) is 0 Å². The van der Waals surface area contributed by atoms with Gasteiger partial charge in [0, 0.05) is 37.3 Å². The van der Waals surface area contributed by atoms with Gasteiger partial charge >= 0.3 is 0 Å². The van der Waals surface area contributed by atoms with Crippen LogP contribution in [0.25, 0.3) is 0 Å². The van der Waals surface area contributed by atoms with Crippen LogP contribution in [0.15, 0.2) is 6.07 Å². The highest BCUT2D eigenvalue weighted by molar-refractivity contribution is 5.37. The van der Waals surface area contributed by atoms with Crippen LogP contribution < -0.4 is 21.3 Å². The van der Waals surface area contributed by atoms with Gasteiger partial charge < -0.3 is 21.3 Å². The van der Waals surface area contributed by atoms with E-state index in [1.807, 2.05) is 0 Å². The number of nitrogens with one attached hydrogen (secondary N) is 4. The molecule has 1 unspecified atom stereocenters. The van der Waals surface area contributed by atoms with Gasteiger partial charge in [0.05, 0.1) is 23.5 Å². The number of rotatable bonds is 0. The van der Waals surface area contributed by atoms with Crippen molar-refractivity contribution in [3.05, 3.63) is 28.6 Å². The average Bonchev–Trinajstić information content (AvgIpc) is 2.83. The minimum Gasteiger partial charge on any atom is -0.311 e. The third-order valence-corrected chi connectivity index (χ3v) is 9.09. The first-order valence-corrected chi connectivity index (χ1v) is 13.9. The quantitative estimate of drug-likeness (QED) is 0.497. The Balaban J connectivity index is 1.35. The van der Waals surface area contributed by atoms with E-state index in [0.717, 1.165) is 13.1 Å². The predicted molar refractivity (Wildman–Crippen MR) is 130 cm³/mol. The molecule has 2 heterocycles. The second-order valence-electron chi connectivity index (χ2n) is 11.2. The second kappa shape index (κ2) is 9.69. The molecule has 2 saturated carbocycles. The lowest BCUT2D eigenvalue weighted by Crippen LogP contribution is -2.54. The van der Waals surface area contributed by atoms with Crippen LogP contribution >= 0.6 is 0 Å². The van der Waals surface area contributed by atoms with E-state index >= 15 is 0 Å². The Kier molecular flexibility index (Phi) is 6.52. The van der Waals surface area contributed by atoms with Crippen LogP contribution in [0.4, 0.5) is 0 Å². The lowest BCUT2D eigenvalue weighted by atomic mass is 9.83. The van der Waals surface area contributed by atoms with E-state index in [-0.39, 0.29) is 0 Å². The van der Waals surface area contributed by atoms with E-state index < -0.39 is 0 Å². The van der Waals surface area contributed by atoms with Crippen molar-refractivity contribution >= 4 is 0 Å². The van der Waals surface area contributed by atoms with Gasteiger partial charge in [-0.15, -0.1) is 0 Å². The van der Waals surface area contributed by atoms with Crippen molar-refractivity contribution in [3.63, 3.8) is 0 Å². The molecule has 1 aromatic heterocycles. The molecule has 0 spiro atoms. The van der Waals surface area contributed by atoms with E-state index in [1.54, 1.807) is 0 Å². The van der Waals surface area contributed by atoms with Crippen molar-refractivity contribution < 1.29 is 0 Å². The lowest BCUT2D eigenvalue weighted by Gasteiger charge is -2.38.